The number of thioether (sulfide) groups is 1. The van der Waals surface area contributed by atoms with E-state index in [2.05, 4.69) is 57.1 Å². The molecule has 0 radical (unpaired) electrons. The highest BCUT2D eigenvalue weighted by atomic mass is 79.9. The molecule has 1 spiro atoms. The van der Waals surface area contributed by atoms with Crippen LogP contribution in [0.5, 0.6) is 0 Å². The number of carbonyl (C=O) groups excluding carboxylic acids is 3. The first-order valence-corrected chi connectivity index (χ1v) is 14.9. The van der Waals surface area contributed by atoms with Crippen LogP contribution in [0.1, 0.15) is 67.2 Å². The Kier molecular flexibility index (Phi) is 8.99. The highest BCUT2D eigenvalue weighted by Gasteiger charge is 2.76. The number of rotatable bonds is 11. The minimum Gasteiger partial charge on any atom is -0.466 e. The Morgan fingerprint density at radius 1 is 1.31 bits per heavy atom. The first-order chi connectivity index (χ1) is 16.8. The van der Waals surface area contributed by atoms with Gasteiger partial charge in [-0.15, -0.1) is 18.3 Å². The number of fused-ring (bicyclic) bond motifs is 1. The van der Waals surface area contributed by atoms with Crippen molar-refractivity contribution < 1.29 is 24.2 Å². The molecule has 2 bridgehead atoms. The second-order valence-corrected chi connectivity index (χ2v) is 14.9. The molecule has 3 fully saturated rings. The lowest BCUT2D eigenvalue weighted by molar-refractivity contribution is -0.153. The maximum absolute atomic E-state index is 14.6. The third-order valence-corrected chi connectivity index (χ3v) is 10.9. The van der Waals surface area contributed by atoms with E-state index in [-0.39, 0.29) is 46.5 Å². The minimum absolute atomic E-state index is 0.00709. The van der Waals surface area contributed by atoms with Crippen molar-refractivity contribution in [2.45, 2.75) is 93.6 Å². The Hall–Kier alpha value is -1.06. The summed E-state index contributed by atoms with van der Waals surface area (Å²) in [4.78, 5) is 45.3. The molecule has 0 aliphatic carbocycles. The third-order valence-electron chi connectivity index (χ3n) is 7.66. The Morgan fingerprint density at radius 2 is 1.97 bits per heavy atom. The van der Waals surface area contributed by atoms with Gasteiger partial charge in [-0.2, -0.15) is 0 Å². The maximum atomic E-state index is 14.6. The lowest BCUT2D eigenvalue weighted by Crippen LogP contribution is -2.60. The molecule has 3 heterocycles. The monoisotopic (exact) mass is 586 g/mol. The molecule has 204 valence electrons. The zero-order valence-corrected chi connectivity index (χ0v) is 25.0. The van der Waals surface area contributed by atoms with Crippen molar-refractivity contribution in [3.05, 3.63) is 12.7 Å². The number of likely N-dealkylation sites (tertiary alicyclic amines) is 1. The Balaban J connectivity index is 2.08. The summed E-state index contributed by atoms with van der Waals surface area (Å²) in [6.07, 6.45) is 4.31. The number of carbonyl (C=O) groups is 3. The van der Waals surface area contributed by atoms with Gasteiger partial charge in [0.25, 0.3) is 0 Å². The minimum atomic E-state index is -0.694. The second kappa shape index (κ2) is 11.0. The van der Waals surface area contributed by atoms with Gasteiger partial charge in [0, 0.05) is 35.3 Å². The van der Waals surface area contributed by atoms with Gasteiger partial charge in [-0.1, -0.05) is 42.8 Å². The van der Waals surface area contributed by atoms with E-state index in [4.69, 9.17) is 4.74 Å². The molecule has 3 unspecified atom stereocenters. The van der Waals surface area contributed by atoms with Crippen LogP contribution in [-0.2, 0) is 19.1 Å². The Morgan fingerprint density at radius 3 is 2.53 bits per heavy atom. The number of ether oxygens (including phenoxy) is 1. The van der Waals surface area contributed by atoms with Crippen LogP contribution in [0.25, 0.3) is 0 Å². The Bertz CT molecular complexity index is 875. The summed E-state index contributed by atoms with van der Waals surface area (Å²) in [5.41, 5.74) is -0.472. The molecule has 3 aliphatic heterocycles. The van der Waals surface area contributed by atoms with E-state index in [1.807, 2.05) is 4.90 Å². The first-order valence-electron chi connectivity index (χ1n) is 13.1. The lowest BCUT2D eigenvalue weighted by atomic mass is 9.70. The molecular formula is C27H43BrN2O5S. The van der Waals surface area contributed by atoms with Gasteiger partial charge in [-0.3, -0.25) is 14.4 Å². The largest absolute Gasteiger partial charge is 0.466 e. The van der Waals surface area contributed by atoms with Crippen molar-refractivity contribution >= 4 is 45.5 Å². The fraction of sp³-hybridized carbons (Fsp3) is 0.815. The number of aliphatic hydroxyl groups is 1. The molecule has 6 atom stereocenters. The zero-order chi connectivity index (χ0) is 27.1. The van der Waals surface area contributed by atoms with Crippen LogP contribution in [0.2, 0.25) is 0 Å². The van der Waals surface area contributed by atoms with Crippen molar-refractivity contribution in [3.63, 3.8) is 0 Å². The van der Waals surface area contributed by atoms with Crippen molar-refractivity contribution in [2.75, 3.05) is 26.3 Å². The summed E-state index contributed by atoms with van der Waals surface area (Å²) in [5.74, 6) is -1.72. The average Bonchev–Trinajstić information content (AvgIpc) is 3.34. The van der Waals surface area contributed by atoms with Gasteiger partial charge >= 0.3 is 5.97 Å². The van der Waals surface area contributed by atoms with Gasteiger partial charge in [0.1, 0.15) is 6.04 Å². The lowest BCUT2D eigenvalue weighted by Gasteiger charge is -2.46. The van der Waals surface area contributed by atoms with Gasteiger partial charge in [-0.05, 0) is 51.9 Å². The fourth-order valence-corrected chi connectivity index (χ4v) is 10.5. The maximum Gasteiger partial charge on any atom is 0.310 e. The molecular weight excluding hydrogens is 544 g/mol. The van der Waals surface area contributed by atoms with Gasteiger partial charge < -0.3 is 19.6 Å². The molecule has 2 amide bonds. The van der Waals surface area contributed by atoms with Gasteiger partial charge in [-0.25, -0.2) is 0 Å². The van der Waals surface area contributed by atoms with Crippen LogP contribution in [0.4, 0.5) is 0 Å². The molecule has 3 rings (SSSR count). The number of hydrogen-bond acceptors (Lipinski definition) is 6. The predicted octanol–water partition coefficient (Wildman–Crippen LogP) is 4.02. The van der Waals surface area contributed by atoms with Crippen molar-refractivity contribution in [2.24, 2.45) is 17.3 Å². The molecule has 1 N–H and O–H groups in total. The normalized spacial score (nSPS) is 31.5. The molecule has 0 aromatic rings. The predicted molar refractivity (Wildman–Crippen MR) is 147 cm³/mol. The van der Waals surface area contributed by atoms with Crippen LogP contribution in [0, 0.1) is 17.3 Å². The number of nitrogens with zero attached hydrogens (tertiary/aromatic N) is 2. The summed E-state index contributed by atoms with van der Waals surface area (Å²) in [5, 5.41) is 9.26. The van der Waals surface area contributed by atoms with Gasteiger partial charge in [0.05, 0.1) is 23.2 Å². The van der Waals surface area contributed by atoms with E-state index in [0.29, 0.717) is 32.4 Å². The quantitative estimate of drug-likeness (QED) is 0.170. The SMILES string of the molecule is C=CCN(C(=O)C1N(CCCCO)C(=O)[C@@H]2[C@H](C(=O)OCC)[C@H]3SC12CC3Br)C(C)(C)CC(C)(C)C. The summed E-state index contributed by atoms with van der Waals surface area (Å²) < 4.78 is 4.73. The first kappa shape index (κ1) is 29.5. The van der Waals surface area contributed by atoms with Crippen molar-refractivity contribution in [1.82, 2.24) is 9.80 Å². The average molecular weight is 588 g/mol. The van der Waals surface area contributed by atoms with Crippen molar-refractivity contribution in [1.29, 1.82) is 0 Å². The summed E-state index contributed by atoms with van der Waals surface area (Å²) in [6.45, 7) is 17.4. The smallest absolute Gasteiger partial charge is 0.310 e. The number of hydrogen-bond donors (Lipinski definition) is 1. The molecule has 0 aromatic heterocycles. The molecule has 0 saturated carbocycles. The second-order valence-electron chi connectivity index (χ2n) is 12.2. The number of aliphatic hydroxyl groups excluding tert-OH is 1. The summed E-state index contributed by atoms with van der Waals surface area (Å²) in [6, 6.07) is -0.678. The molecule has 36 heavy (non-hydrogen) atoms. The van der Waals surface area contributed by atoms with E-state index in [1.54, 1.807) is 29.7 Å². The van der Waals surface area contributed by atoms with Crippen LogP contribution >= 0.6 is 27.7 Å². The molecule has 7 nitrogen and oxygen atoms in total. The fourth-order valence-electron chi connectivity index (χ4n) is 6.86. The van der Waals surface area contributed by atoms with E-state index >= 15 is 0 Å². The number of esters is 1. The summed E-state index contributed by atoms with van der Waals surface area (Å²) >= 11 is 5.41. The Labute approximate surface area is 228 Å². The number of alkyl halides is 1. The van der Waals surface area contributed by atoms with E-state index in [9.17, 15) is 19.5 Å². The van der Waals surface area contributed by atoms with Crippen LogP contribution in [0.15, 0.2) is 12.7 Å². The molecule has 0 aromatic carbocycles. The van der Waals surface area contributed by atoms with Crippen molar-refractivity contribution in [3.8, 4) is 0 Å². The van der Waals surface area contributed by atoms with E-state index in [1.165, 1.54) is 0 Å². The topological polar surface area (TPSA) is 87.2 Å². The van der Waals surface area contributed by atoms with Gasteiger partial charge in [0.15, 0.2) is 0 Å². The van der Waals surface area contributed by atoms with Crippen LogP contribution < -0.4 is 0 Å². The molecule has 3 saturated heterocycles. The van der Waals surface area contributed by atoms with Crippen LogP contribution in [-0.4, -0.2) is 85.4 Å². The van der Waals surface area contributed by atoms with E-state index < -0.39 is 28.2 Å². The highest BCUT2D eigenvalue weighted by Crippen LogP contribution is 2.68. The third kappa shape index (κ3) is 5.26. The molecule has 3 aliphatic rings. The van der Waals surface area contributed by atoms with E-state index in [0.717, 1.165) is 6.42 Å². The standard InChI is InChI=1S/C27H43BrN2O5S/c1-8-12-30(26(6,7)16-25(3,4)5)23(33)21-27-15-17(28)20(36-27)18(24(34)35-9-2)19(27)22(32)29(21)13-10-11-14-31/h8,17-21,31H,1,9-16H2,2-7H3/t17?,18-,19-,20-,21?,27?/m0/s1. The molecule has 9 heteroatoms. The zero-order valence-electron chi connectivity index (χ0n) is 22.6. The van der Waals surface area contributed by atoms with Crippen LogP contribution in [0.3, 0.4) is 0 Å². The summed E-state index contributed by atoms with van der Waals surface area (Å²) in [7, 11) is 0. The highest BCUT2D eigenvalue weighted by molar-refractivity contribution is 9.09. The number of halogens is 1. The number of amides is 2. The number of unbranched alkanes of at least 4 members (excludes halogenated alkanes) is 1. The van der Waals surface area contributed by atoms with Gasteiger partial charge in [0.2, 0.25) is 11.8 Å².